The van der Waals surface area contributed by atoms with Crippen LogP contribution < -0.4 is 0 Å². The Hall–Kier alpha value is -0.830. The van der Waals surface area contributed by atoms with Crippen molar-refractivity contribution in [1.82, 2.24) is 0 Å². The number of hydrogen-bond donors (Lipinski definition) is 0. The number of hydrogen-bond acceptors (Lipinski definition) is 3. The molecule has 0 N–H and O–H groups in total. The van der Waals surface area contributed by atoms with Crippen molar-refractivity contribution in [3.8, 4) is 0 Å². The van der Waals surface area contributed by atoms with Crippen LogP contribution in [-0.4, -0.2) is 12.4 Å². The Morgan fingerprint density at radius 1 is 1.43 bits per heavy atom. The van der Waals surface area contributed by atoms with E-state index in [-0.39, 0.29) is 17.6 Å². The van der Waals surface area contributed by atoms with Crippen molar-refractivity contribution in [3.05, 3.63) is 22.4 Å². The van der Waals surface area contributed by atoms with Crippen molar-refractivity contribution in [3.63, 3.8) is 0 Å². The van der Waals surface area contributed by atoms with Crippen LogP contribution >= 0.6 is 11.3 Å². The van der Waals surface area contributed by atoms with Crippen molar-refractivity contribution in [2.45, 2.75) is 32.9 Å². The Balaban J connectivity index is 2.22. The highest BCUT2D eigenvalue weighted by Gasteiger charge is 2.37. The monoisotopic (exact) mass is 209 g/mol. The third kappa shape index (κ3) is 1.69. The summed E-state index contributed by atoms with van der Waals surface area (Å²) in [7, 11) is 0. The molecular weight excluding hydrogens is 194 g/mol. The third-order valence-corrected chi connectivity index (χ3v) is 3.36. The zero-order chi connectivity index (χ0) is 10.2. The second kappa shape index (κ2) is 3.39. The molecule has 14 heavy (non-hydrogen) atoms. The number of nitrogens with zero attached hydrogens (tertiary/aromatic N) is 1. The Morgan fingerprint density at radius 2 is 2.21 bits per heavy atom. The summed E-state index contributed by atoms with van der Waals surface area (Å²) < 4.78 is 5.56. The van der Waals surface area contributed by atoms with Crippen LogP contribution in [0.25, 0.3) is 0 Å². The molecule has 0 bridgehead atoms. The fourth-order valence-electron chi connectivity index (χ4n) is 1.67. The van der Waals surface area contributed by atoms with Crippen molar-refractivity contribution >= 4 is 17.7 Å². The van der Waals surface area contributed by atoms with Crippen molar-refractivity contribution in [2.24, 2.45) is 10.4 Å². The molecule has 0 radical (unpaired) electrons. The molecule has 0 saturated carbocycles. The average molecular weight is 209 g/mol. The first kappa shape index (κ1) is 9.71. The van der Waals surface area contributed by atoms with Crippen molar-refractivity contribution in [2.75, 3.05) is 0 Å². The van der Waals surface area contributed by atoms with Gasteiger partial charge in [0.2, 0.25) is 0 Å². The highest BCUT2D eigenvalue weighted by Crippen LogP contribution is 2.39. The van der Waals surface area contributed by atoms with E-state index in [4.69, 9.17) is 4.74 Å². The summed E-state index contributed by atoms with van der Waals surface area (Å²) in [5.74, 6) is 0. The fourth-order valence-corrected chi connectivity index (χ4v) is 2.46. The zero-order valence-corrected chi connectivity index (χ0v) is 9.54. The summed E-state index contributed by atoms with van der Waals surface area (Å²) in [5.41, 5.74) is 0.154. The maximum Gasteiger partial charge on any atom is 0.170 e. The molecular formula is C11H15NOS. The molecule has 2 nitrogen and oxygen atoms in total. The van der Waals surface area contributed by atoms with Gasteiger partial charge in [-0.1, -0.05) is 26.8 Å². The second-order valence-electron chi connectivity index (χ2n) is 4.64. The van der Waals surface area contributed by atoms with E-state index in [1.54, 1.807) is 17.7 Å². The van der Waals surface area contributed by atoms with Crippen LogP contribution in [-0.2, 0) is 4.74 Å². The van der Waals surface area contributed by atoms with Gasteiger partial charge in [0, 0.05) is 4.88 Å². The van der Waals surface area contributed by atoms with Crippen molar-refractivity contribution in [1.29, 1.82) is 0 Å². The largest absolute Gasteiger partial charge is 0.472 e. The van der Waals surface area contributed by atoms with Gasteiger partial charge in [-0.3, -0.25) is 4.99 Å². The van der Waals surface area contributed by atoms with Gasteiger partial charge in [0.15, 0.2) is 12.5 Å². The van der Waals surface area contributed by atoms with Crippen LogP contribution in [0.3, 0.4) is 0 Å². The van der Waals surface area contributed by atoms with Gasteiger partial charge in [0.25, 0.3) is 0 Å². The van der Waals surface area contributed by atoms with Crippen LogP contribution in [0, 0.1) is 5.41 Å². The van der Waals surface area contributed by atoms with Crippen molar-refractivity contribution < 1.29 is 4.74 Å². The first-order valence-corrected chi connectivity index (χ1v) is 5.67. The van der Waals surface area contributed by atoms with Crippen LogP contribution in [0.15, 0.2) is 22.5 Å². The minimum atomic E-state index is 0.120. The minimum Gasteiger partial charge on any atom is -0.472 e. The molecule has 0 amide bonds. The third-order valence-electron chi connectivity index (χ3n) is 2.43. The summed E-state index contributed by atoms with van der Waals surface area (Å²) >= 11 is 1.74. The van der Waals surface area contributed by atoms with Crippen LogP contribution in [0.5, 0.6) is 0 Å². The van der Waals surface area contributed by atoms with Crippen LogP contribution in [0.1, 0.15) is 31.8 Å². The van der Waals surface area contributed by atoms with E-state index in [0.717, 1.165) is 0 Å². The summed E-state index contributed by atoms with van der Waals surface area (Å²) in [5, 5.41) is 2.08. The first-order valence-electron chi connectivity index (χ1n) is 4.79. The molecule has 0 aliphatic carbocycles. The van der Waals surface area contributed by atoms with Crippen LogP contribution in [0.4, 0.5) is 0 Å². The molecule has 2 atom stereocenters. The molecule has 2 heterocycles. The Kier molecular flexibility index (Phi) is 2.35. The lowest BCUT2D eigenvalue weighted by Crippen LogP contribution is -2.28. The van der Waals surface area contributed by atoms with Gasteiger partial charge in [-0.15, -0.1) is 11.3 Å². The smallest absolute Gasteiger partial charge is 0.170 e. The Morgan fingerprint density at radius 3 is 2.79 bits per heavy atom. The maximum absolute atomic E-state index is 5.56. The normalized spacial score (nSPS) is 26.5. The number of ether oxygens (including phenoxy) is 1. The molecule has 0 fully saturated rings. The second-order valence-corrected chi connectivity index (χ2v) is 5.62. The Bertz CT molecular complexity index is 324. The van der Waals surface area contributed by atoms with Gasteiger partial charge in [0.05, 0.1) is 0 Å². The van der Waals surface area contributed by atoms with Crippen LogP contribution in [0.2, 0.25) is 0 Å². The molecule has 0 spiro atoms. The molecule has 76 valence electrons. The lowest BCUT2D eigenvalue weighted by atomic mass is 9.83. The molecule has 1 aliphatic heterocycles. The molecule has 3 heteroatoms. The Labute approximate surface area is 88.6 Å². The topological polar surface area (TPSA) is 21.6 Å². The van der Waals surface area contributed by atoms with Gasteiger partial charge in [-0.05, 0) is 16.9 Å². The van der Waals surface area contributed by atoms with Gasteiger partial charge in [0.1, 0.15) is 6.04 Å². The molecule has 2 unspecified atom stereocenters. The predicted molar refractivity (Wildman–Crippen MR) is 59.9 cm³/mol. The molecule has 1 aliphatic rings. The zero-order valence-electron chi connectivity index (χ0n) is 8.73. The van der Waals surface area contributed by atoms with Gasteiger partial charge in [-0.2, -0.15) is 0 Å². The predicted octanol–water partition coefficient (Wildman–Crippen LogP) is 3.26. The quantitative estimate of drug-likeness (QED) is 0.695. The number of rotatable bonds is 1. The molecule has 1 aromatic heterocycles. The highest BCUT2D eigenvalue weighted by molar-refractivity contribution is 7.10. The van der Waals surface area contributed by atoms with E-state index in [1.165, 1.54) is 4.88 Å². The van der Waals surface area contributed by atoms with Gasteiger partial charge >= 0.3 is 0 Å². The van der Waals surface area contributed by atoms with E-state index in [9.17, 15) is 0 Å². The van der Waals surface area contributed by atoms with E-state index in [0.29, 0.717) is 0 Å². The molecule has 0 aromatic carbocycles. The van der Waals surface area contributed by atoms with E-state index in [1.807, 2.05) is 0 Å². The lowest BCUT2D eigenvalue weighted by molar-refractivity contribution is 0.147. The first-order chi connectivity index (χ1) is 6.59. The summed E-state index contributed by atoms with van der Waals surface area (Å²) in [6.45, 7) is 6.60. The van der Waals surface area contributed by atoms with Gasteiger partial charge in [-0.25, -0.2) is 0 Å². The fraction of sp³-hybridized carbons (Fsp3) is 0.545. The SMILES string of the molecule is CC(C)(C)C1N=COC1c1cccs1. The molecule has 2 rings (SSSR count). The van der Waals surface area contributed by atoms with E-state index >= 15 is 0 Å². The molecule has 1 aromatic rings. The minimum absolute atomic E-state index is 0.120. The lowest BCUT2D eigenvalue weighted by Gasteiger charge is -2.28. The summed E-state index contributed by atoms with van der Waals surface area (Å²) in [6.07, 6.45) is 1.72. The average Bonchev–Trinajstić information content (AvgIpc) is 2.73. The van der Waals surface area contributed by atoms with E-state index < -0.39 is 0 Å². The number of aliphatic imine (C=N–C) groups is 1. The standard InChI is InChI=1S/C11H15NOS/c1-11(2,3)10-9(13-7-12-10)8-5-4-6-14-8/h4-7,9-10H,1-3H3. The molecule has 0 saturated heterocycles. The van der Waals surface area contributed by atoms with E-state index in [2.05, 4.69) is 43.3 Å². The summed E-state index contributed by atoms with van der Waals surface area (Å²) in [4.78, 5) is 5.67. The highest BCUT2D eigenvalue weighted by atomic mass is 32.1. The van der Waals surface area contributed by atoms with Gasteiger partial charge < -0.3 is 4.74 Å². The maximum atomic E-state index is 5.56. The number of thiophene rings is 1. The summed E-state index contributed by atoms with van der Waals surface area (Å²) in [6, 6.07) is 4.41.